The molecular formula is C17H23N5OS. The van der Waals surface area contributed by atoms with E-state index >= 15 is 0 Å². The second-order valence-electron chi connectivity index (χ2n) is 6.21. The van der Waals surface area contributed by atoms with Gasteiger partial charge in [-0.25, -0.2) is 4.79 Å². The van der Waals surface area contributed by atoms with Gasteiger partial charge in [-0.15, -0.1) is 10.2 Å². The van der Waals surface area contributed by atoms with E-state index in [4.69, 9.17) is 0 Å². The summed E-state index contributed by atoms with van der Waals surface area (Å²) in [4.78, 5) is 14.3. The number of piperidine rings is 1. The number of nitrogens with zero attached hydrogens (tertiary/aromatic N) is 3. The van der Waals surface area contributed by atoms with Gasteiger partial charge >= 0.3 is 6.03 Å². The largest absolute Gasteiger partial charge is 0.346 e. The van der Waals surface area contributed by atoms with Gasteiger partial charge in [0.15, 0.2) is 0 Å². The highest BCUT2D eigenvalue weighted by Gasteiger charge is 2.20. The van der Waals surface area contributed by atoms with E-state index in [0.29, 0.717) is 11.0 Å². The summed E-state index contributed by atoms with van der Waals surface area (Å²) in [6.07, 6.45) is 3.42. The number of rotatable bonds is 4. The average molecular weight is 345 g/mol. The molecule has 1 aromatic heterocycles. The smallest absolute Gasteiger partial charge is 0.325 e. The van der Waals surface area contributed by atoms with E-state index < -0.39 is 0 Å². The SMILES string of the molecule is CCc1ccc(NC(=O)Nc2nnc(N3CCC[C@@H](C)C3)s2)cc1. The molecule has 128 valence electrons. The first-order valence-corrected chi connectivity index (χ1v) is 9.21. The number of carbonyl (C=O) groups excluding carboxylic acids is 1. The Kier molecular flexibility index (Phi) is 5.30. The van der Waals surface area contributed by atoms with E-state index in [1.807, 2.05) is 24.3 Å². The summed E-state index contributed by atoms with van der Waals surface area (Å²) in [6.45, 7) is 6.37. The van der Waals surface area contributed by atoms with E-state index in [1.165, 1.54) is 29.7 Å². The van der Waals surface area contributed by atoms with Gasteiger partial charge in [-0.05, 0) is 42.9 Å². The lowest BCUT2D eigenvalue weighted by Crippen LogP contribution is -2.34. The van der Waals surface area contributed by atoms with Crippen LogP contribution in [0.5, 0.6) is 0 Å². The molecule has 1 fully saturated rings. The standard InChI is InChI=1S/C17H23N5OS/c1-3-13-6-8-14(9-7-13)18-15(23)19-16-20-21-17(24-16)22-10-4-5-12(2)11-22/h6-9,12H,3-5,10-11H2,1-2H3,(H2,18,19,20,23)/t12-/m1/s1. The van der Waals surface area contributed by atoms with Gasteiger partial charge in [0.05, 0.1) is 0 Å². The maximum atomic E-state index is 12.1. The third-order valence-corrected chi connectivity index (χ3v) is 5.08. The zero-order chi connectivity index (χ0) is 16.9. The highest BCUT2D eigenvalue weighted by molar-refractivity contribution is 7.19. The second-order valence-corrected chi connectivity index (χ2v) is 7.17. The number of aryl methyl sites for hydroxylation is 1. The van der Waals surface area contributed by atoms with Gasteiger partial charge in [-0.1, -0.05) is 37.3 Å². The van der Waals surface area contributed by atoms with Gasteiger partial charge in [-0.3, -0.25) is 5.32 Å². The van der Waals surface area contributed by atoms with E-state index in [2.05, 4.69) is 39.6 Å². The number of carbonyl (C=O) groups is 1. The number of urea groups is 1. The highest BCUT2D eigenvalue weighted by Crippen LogP contribution is 2.28. The Hall–Kier alpha value is -2.15. The van der Waals surface area contributed by atoms with Gasteiger partial charge in [0, 0.05) is 18.8 Å². The molecule has 2 amide bonds. The zero-order valence-corrected chi connectivity index (χ0v) is 14.9. The lowest BCUT2D eigenvalue weighted by Gasteiger charge is -2.29. The van der Waals surface area contributed by atoms with Crippen LogP contribution in [0.25, 0.3) is 0 Å². The number of aromatic nitrogens is 2. The molecule has 0 radical (unpaired) electrons. The fourth-order valence-corrected chi connectivity index (χ4v) is 3.62. The fraction of sp³-hybridized carbons (Fsp3) is 0.471. The Labute approximate surface area is 146 Å². The van der Waals surface area contributed by atoms with E-state index in [9.17, 15) is 4.79 Å². The average Bonchev–Trinajstić information content (AvgIpc) is 3.04. The lowest BCUT2D eigenvalue weighted by atomic mass is 10.0. The quantitative estimate of drug-likeness (QED) is 0.879. The van der Waals surface area contributed by atoms with Crippen molar-refractivity contribution in [1.82, 2.24) is 10.2 Å². The minimum Gasteiger partial charge on any atom is -0.346 e. The van der Waals surface area contributed by atoms with Crippen LogP contribution in [-0.2, 0) is 6.42 Å². The number of amides is 2. The second kappa shape index (κ2) is 7.61. The summed E-state index contributed by atoms with van der Waals surface area (Å²) >= 11 is 1.42. The summed E-state index contributed by atoms with van der Waals surface area (Å²) in [7, 11) is 0. The van der Waals surface area contributed by atoms with E-state index in [0.717, 1.165) is 30.3 Å². The van der Waals surface area contributed by atoms with Gasteiger partial charge < -0.3 is 10.2 Å². The first-order valence-electron chi connectivity index (χ1n) is 8.39. The van der Waals surface area contributed by atoms with Crippen LogP contribution in [0.4, 0.5) is 20.7 Å². The van der Waals surface area contributed by atoms with E-state index in [1.54, 1.807) is 0 Å². The maximum absolute atomic E-state index is 12.1. The molecule has 1 aromatic carbocycles. The van der Waals surface area contributed by atoms with Gasteiger partial charge in [0.2, 0.25) is 10.3 Å². The molecule has 3 rings (SSSR count). The molecule has 0 spiro atoms. The molecule has 1 atom stereocenters. The van der Waals surface area contributed by atoms with E-state index in [-0.39, 0.29) is 6.03 Å². The molecular weight excluding hydrogens is 322 g/mol. The Morgan fingerprint density at radius 2 is 2.08 bits per heavy atom. The van der Waals surface area contributed by atoms with Crippen LogP contribution >= 0.6 is 11.3 Å². The third kappa shape index (κ3) is 4.23. The van der Waals surface area contributed by atoms with Gasteiger partial charge in [0.1, 0.15) is 0 Å². The molecule has 0 aliphatic carbocycles. The summed E-state index contributed by atoms with van der Waals surface area (Å²) in [5.41, 5.74) is 2.00. The summed E-state index contributed by atoms with van der Waals surface area (Å²) < 4.78 is 0. The van der Waals surface area contributed by atoms with Gasteiger partial charge in [-0.2, -0.15) is 0 Å². The maximum Gasteiger partial charge on any atom is 0.325 e. The molecule has 0 bridgehead atoms. The number of anilines is 3. The van der Waals surface area contributed by atoms with Crippen molar-refractivity contribution in [3.8, 4) is 0 Å². The Morgan fingerprint density at radius 3 is 2.79 bits per heavy atom. The van der Waals surface area contributed by atoms with Crippen molar-refractivity contribution in [3.63, 3.8) is 0 Å². The number of hydrogen-bond acceptors (Lipinski definition) is 5. The lowest BCUT2D eigenvalue weighted by molar-refractivity contribution is 0.262. The highest BCUT2D eigenvalue weighted by atomic mass is 32.1. The number of nitrogens with one attached hydrogen (secondary N) is 2. The minimum absolute atomic E-state index is 0.297. The van der Waals surface area contributed by atoms with Crippen molar-refractivity contribution in [1.29, 1.82) is 0 Å². The summed E-state index contributed by atoms with van der Waals surface area (Å²) in [6, 6.07) is 7.53. The summed E-state index contributed by atoms with van der Waals surface area (Å²) in [5, 5.41) is 15.3. The van der Waals surface area contributed by atoms with Crippen LogP contribution in [0.15, 0.2) is 24.3 Å². The van der Waals surface area contributed by atoms with Crippen LogP contribution in [0.1, 0.15) is 32.3 Å². The van der Waals surface area contributed by atoms with Gasteiger partial charge in [0.25, 0.3) is 0 Å². The third-order valence-electron chi connectivity index (χ3n) is 4.18. The van der Waals surface area contributed by atoms with Crippen molar-refractivity contribution in [2.75, 3.05) is 28.6 Å². The topological polar surface area (TPSA) is 70.1 Å². The predicted octanol–water partition coefficient (Wildman–Crippen LogP) is 3.98. The molecule has 6 nitrogen and oxygen atoms in total. The molecule has 2 N–H and O–H groups in total. The molecule has 0 saturated carbocycles. The van der Waals surface area contributed by atoms with Crippen LogP contribution in [0, 0.1) is 5.92 Å². The predicted molar refractivity (Wildman–Crippen MR) is 99.0 cm³/mol. The van der Waals surface area contributed by atoms with Crippen molar-refractivity contribution in [2.45, 2.75) is 33.1 Å². The van der Waals surface area contributed by atoms with Crippen LogP contribution in [0.3, 0.4) is 0 Å². The summed E-state index contributed by atoms with van der Waals surface area (Å²) in [5.74, 6) is 0.674. The Morgan fingerprint density at radius 1 is 1.29 bits per heavy atom. The van der Waals surface area contributed by atoms with Crippen molar-refractivity contribution < 1.29 is 4.79 Å². The van der Waals surface area contributed by atoms with Crippen molar-refractivity contribution in [2.24, 2.45) is 5.92 Å². The molecule has 1 saturated heterocycles. The molecule has 0 unspecified atom stereocenters. The minimum atomic E-state index is -0.297. The number of hydrogen-bond donors (Lipinski definition) is 2. The van der Waals surface area contributed by atoms with Crippen LogP contribution < -0.4 is 15.5 Å². The monoisotopic (exact) mass is 345 g/mol. The molecule has 2 heterocycles. The fourth-order valence-electron chi connectivity index (χ4n) is 2.84. The zero-order valence-electron chi connectivity index (χ0n) is 14.1. The Balaban J connectivity index is 1.56. The molecule has 1 aliphatic heterocycles. The van der Waals surface area contributed by atoms with Crippen molar-refractivity contribution in [3.05, 3.63) is 29.8 Å². The first-order chi connectivity index (χ1) is 11.6. The Bertz CT molecular complexity index is 685. The van der Waals surface area contributed by atoms with Crippen LogP contribution in [-0.4, -0.2) is 29.3 Å². The molecule has 24 heavy (non-hydrogen) atoms. The van der Waals surface area contributed by atoms with Crippen molar-refractivity contribution >= 4 is 33.3 Å². The molecule has 2 aromatic rings. The normalized spacial score (nSPS) is 17.6. The van der Waals surface area contributed by atoms with Crippen LogP contribution in [0.2, 0.25) is 0 Å². The first kappa shape index (κ1) is 16.7. The molecule has 1 aliphatic rings. The molecule has 7 heteroatoms. The number of benzene rings is 1.